The number of amides is 1. The van der Waals surface area contributed by atoms with Crippen LogP contribution in [0.1, 0.15) is 32.6 Å². The number of hydrogen-bond donors (Lipinski definition) is 1. The van der Waals surface area contributed by atoms with Gasteiger partial charge in [0, 0.05) is 69.5 Å². The summed E-state index contributed by atoms with van der Waals surface area (Å²) >= 11 is 0. The Morgan fingerprint density at radius 2 is 1.95 bits per heavy atom. The van der Waals surface area contributed by atoms with E-state index in [1.807, 2.05) is 31.1 Å². The summed E-state index contributed by atoms with van der Waals surface area (Å²) in [5, 5.41) is 1.20. The van der Waals surface area contributed by atoms with E-state index in [1.165, 1.54) is 11.5 Å². The summed E-state index contributed by atoms with van der Waals surface area (Å²) in [6.07, 6.45) is 7.75. The lowest BCUT2D eigenvalue weighted by atomic mass is 10.0. The van der Waals surface area contributed by atoms with Crippen LogP contribution >= 0.6 is 0 Å². The zero-order valence-electron chi connectivity index (χ0n) is 22.0. The van der Waals surface area contributed by atoms with Gasteiger partial charge in [0.1, 0.15) is 0 Å². The predicted molar refractivity (Wildman–Crippen MR) is 144 cm³/mol. The molecular weight excluding hydrogens is 510 g/mol. The van der Waals surface area contributed by atoms with Gasteiger partial charge < -0.3 is 14.2 Å². The molecule has 1 aromatic carbocycles. The van der Waals surface area contributed by atoms with Crippen LogP contribution in [0.15, 0.2) is 47.7 Å². The highest BCUT2D eigenvalue weighted by Crippen LogP contribution is 2.25. The van der Waals surface area contributed by atoms with Gasteiger partial charge >= 0.3 is 0 Å². The Kier molecular flexibility index (Phi) is 8.14. The molecule has 2 unspecified atom stereocenters. The first-order valence-corrected chi connectivity index (χ1v) is 14.3. The van der Waals surface area contributed by atoms with Crippen molar-refractivity contribution in [3.8, 4) is 11.1 Å². The number of pyridine rings is 1. The normalized spacial score (nSPS) is 17.6. The number of ether oxygens (including phenoxy) is 1. The van der Waals surface area contributed by atoms with E-state index in [1.54, 1.807) is 30.7 Å². The highest BCUT2D eigenvalue weighted by Gasteiger charge is 2.44. The largest absolute Gasteiger partial charge is 0.350 e. The van der Waals surface area contributed by atoms with E-state index >= 15 is 0 Å². The molecule has 12 heteroatoms. The Balaban J connectivity index is 1.52. The number of rotatable bonds is 9. The fourth-order valence-corrected chi connectivity index (χ4v) is 5.02. The number of nitrogens with zero attached hydrogens (tertiary/aromatic N) is 4. The van der Waals surface area contributed by atoms with Crippen LogP contribution in [-0.2, 0) is 30.8 Å². The number of carbonyl (C=O) groups is 1. The van der Waals surface area contributed by atoms with Gasteiger partial charge in [-0.15, -0.1) is 0 Å². The lowest BCUT2D eigenvalue weighted by Gasteiger charge is -2.28. The maximum Gasteiger partial charge on any atom is 0.264 e. The van der Waals surface area contributed by atoms with Crippen molar-refractivity contribution in [2.24, 2.45) is 0 Å². The van der Waals surface area contributed by atoms with Crippen LogP contribution in [0.2, 0.25) is 0 Å². The second-order valence-corrected chi connectivity index (χ2v) is 12.3. The molecule has 2 aromatic heterocycles. The third-order valence-electron chi connectivity index (χ3n) is 6.90. The Morgan fingerprint density at radius 1 is 1.21 bits per heavy atom. The van der Waals surface area contributed by atoms with Gasteiger partial charge in [0.05, 0.1) is 0 Å². The first-order chi connectivity index (χ1) is 18.0. The van der Waals surface area contributed by atoms with Crippen LogP contribution in [-0.4, -0.2) is 66.9 Å². The zero-order chi connectivity index (χ0) is 27.5. The van der Waals surface area contributed by atoms with Crippen LogP contribution < -0.4 is 15.9 Å². The minimum atomic E-state index is -3.85. The van der Waals surface area contributed by atoms with Crippen molar-refractivity contribution < 1.29 is 22.8 Å². The van der Waals surface area contributed by atoms with E-state index in [4.69, 9.17) is 9.57 Å². The van der Waals surface area contributed by atoms with E-state index in [0.717, 1.165) is 35.6 Å². The number of hydroxylamine groups is 1. The van der Waals surface area contributed by atoms with Crippen LogP contribution in [0, 0.1) is 0 Å². The van der Waals surface area contributed by atoms with Crippen molar-refractivity contribution in [2.75, 3.05) is 31.9 Å². The highest BCUT2D eigenvalue weighted by atomic mass is 32.2. The zero-order valence-corrected chi connectivity index (χ0v) is 22.8. The van der Waals surface area contributed by atoms with E-state index in [2.05, 4.69) is 15.4 Å². The number of carbonyl (C=O) groups excluding carboxylic acids is 1. The summed E-state index contributed by atoms with van der Waals surface area (Å²) < 4.78 is 30.3. The molecular formula is C26H33N5O6S. The number of nitrogens with one attached hydrogen (secondary N) is 1. The van der Waals surface area contributed by atoms with Crippen molar-refractivity contribution in [1.29, 1.82) is 0 Å². The Bertz CT molecular complexity index is 1470. The number of fused-ring (bicyclic) bond motifs is 1. The van der Waals surface area contributed by atoms with Crippen molar-refractivity contribution in [1.82, 2.24) is 20.0 Å². The Labute approximate surface area is 221 Å². The smallest absolute Gasteiger partial charge is 0.264 e. The second kappa shape index (κ2) is 11.2. The molecule has 0 saturated carbocycles. The van der Waals surface area contributed by atoms with Crippen molar-refractivity contribution >= 4 is 32.5 Å². The molecule has 1 amide bonds. The number of aryl methyl sites for hydroxylation is 1. The van der Waals surface area contributed by atoms with Gasteiger partial charge in [-0.1, -0.05) is 6.07 Å². The van der Waals surface area contributed by atoms with E-state index in [0.29, 0.717) is 24.4 Å². The van der Waals surface area contributed by atoms with E-state index in [-0.39, 0.29) is 18.5 Å². The van der Waals surface area contributed by atoms with Gasteiger partial charge in [-0.05, 0) is 55.3 Å². The molecule has 0 spiro atoms. The van der Waals surface area contributed by atoms with Crippen molar-refractivity contribution in [2.45, 2.75) is 50.2 Å². The van der Waals surface area contributed by atoms with Gasteiger partial charge in [0.25, 0.3) is 11.5 Å². The van der Waals surface area contributed by atoms with Crippen molar-refractivity contribution in [3.05, 3.63) is 53.2 Å². The van der Waals surface area contributed by atoms with Crippen LogP contribution in [0.3, 0.4) is 0 Å². The number of anilines is 1. The predicted octanol–water partition coefficient (Wildman–Crippen LogP) is 2.29. The first kappa shape index (κ1) is 27.7. The number of benzene rings is 1. The average Bonchev–Trinajstić information content (AvgIpc) is 2.91. The molecule has 1 saturated heterocycles. The molecule has 2 atom stereocenters. The molecule has 1 fully saturated rings. The highest BCUT2D eigenvalue weighted by molar-refractivity contribution is 7.92. The fourth-order valence-electron chi connectivity index (χ4n) is 4.18. The summed E-state index contributed by atoms with van der Waals surface area (Å²) in [6.45, 7) is 1.88. The number of sulfone groups is 1. The summed E-state index contributed by atoms with van der Waals surface area (Å²) in [5.74, 6) is -0.198. The maximum absolute atomic E-state index is 13.2. The Hall–Kier alpha value is -3.35. The maximum atomic E-state index is 13.2. The standard InChI is InChI=1S/C26H33N5O6S/c1-26(38(4,34)35,24(33)29-37-22-7-5-6-14-36-22)11-13-31-12-10-19-15-18(8-9-21(19)23(31)32)20-16-27-25(28-17-20)30(2)3/h8-10,12,15-17,22H,5-7,11,13-14H2,1-4H3,(H,29,33). The summed E-state index contributed by atoms with van der Waals surface area (Å²) in [5.41, 5.74) is 3.67. The van der Waals surface area contributed by atoms with Crippen LogP contribution in [0.5, 0.6) is 0 Å². The minimum absolute atomic E-state index is 0.0211. The third-order valence-corrected chi connectivity index (χ3v) is 8.92. The Morgan fingerprint density at radius 3 is 2.58 bits per heavy atom. The van der Waals surface area contributed by atoms with Gasteiger partial charge in [0.15, 0.2) is 20.9 Å². The lowest BCUT2D eigenvalue weighted by molar-refractivity contribution is -0.201. The molecule has 3 aromatic rings. The molecule has 11 nitrogen and oxygen atoms in total. The van der Waals surface area contributed by atoms with Gasteiger partial charge in [-0.3, -0.25) is 9.59 Å². The number of hydrogen-bond acceptors (Lipinski definition) is 9. The minimum Gasteiger partial charge on any atom is -0.350 e. The summed E-state index contributed by atoms with van der Waals surface area (Å²) in [6, 6.07) is 7.22. The molecule has 1 aliphatic heterocycles. The third kappa shape index (κ3) is 5.87. The van der Waals surface area contributed by atoms with Crippen LogP contribution in [0.25, 0.3) is 21.9 Å². The average molecular weight is 544 g/mol. The quantitative estimate of drug-likeness (QED) is 0.404. The van der Waals surface area contributed by atoms with E-state index in [9.17, 15) is 18.0 Å². The molecule has 0 aliphatic carbocycles. The molecule has 3 heterocycles. The number of aromatic nitrogens is 3. The molecule has 1 N–H and O–H groups in total. The van der Waals surface area contributed by atoms with E-state index < -0.39 is 26.8 Å². The lowest BCUT2D eigenvalue weighted by Crippen LogP contribution is -2.51. The molecule has 204 valence electrons. The molecule has 1 aliphatic rings. The SMILES string of the molecule is CN(C)c1ncc(-c2ccc3c(=O)n(CCC(C)(C(=O)NOC4CCCCO4)S(C)(=O)=O)ccc3c2)cn1. The van der Waals surface area contributed by atoms with Gasteiger partial charge in [-0.25, -0.2) is 28.7 Å². The van der Waals surface area contributed by atoms with Gasteiger partial charge in [-0.2, -0.15) is 0 Å². The van der Waals surface area contributed by atoms with Gasteiger partial charge in [0.2, 0.25) is 5.95 Å². The molecule has 0 bridgehead atoms. The molecule has 0 radical (unpaired) electrons. The topological polar surface area (TPSA) is 133 Å². The summed E-state index contributed by atoms with van der Waals surface area (Å²) in [7, 11) is -0.125. The monoisotopic (exact) mass is 543 g/mol. The first-order valence-electron chi connectivity index (χ1n) is 12.4. The summed E-state index contributed by atoms with van der Waals surface area (Å²) in [4.78, 5) is 41.9. The van der Waals surface area contributed by atoms with Crippen molar-refractivity contribution in [3.63, 3.8) is 0 Å². The molecule has 38 heavy (non-hydrogen) atoms. The molecule has 4 rings (SSSR count). The fraction of sp³-hybridized carbons (Fsp3) is 0.462. The van der Waals surface area contributed by atoms with Crippen LogP contribution in [0.4, 0.5) is 5.95 Å². The second-order valence-electron chi connectivity index (χ2n) is 9.88.